The van der Waals surface area contributed by atoms with E-state index in [4.69, 9.17) is 23.2 Å². The van der Waals surface area contributed by atoms with Crippen molar-refractivity contribution >= 4 is 50.5 Å². The lowest BCUT2D eigenvalue weighted by Gasteiger charge is -2.15. The Kier molecular flexibility index (Phi) is 4.92. The average molecular weight is 350 g/mol. The Morgan fingerprint density at radius 3 is 2.59 bits per heavy atom. The lowest BCUT2D eigenvalue weighted by Crippen LogP contribution is -2.04. The van der Waals surface area contributed by atoms with Gasteiger partial charge in [0, 0.05) is 26.2 Å². The number of alkyl halides is 1. The largest absolute Gasteiger partial charge is 0.148 e. The molecule has 1 atom stereocenters. The Hall–Kier alpha value is -0.0200. The van der Waals surface area contributed by atoms with Gasteiger partial charge in [-0.3, -0.25) is 0 Å². The summed E-state index contributed by atoms with van der Waals surface area (Å²) in [5.41, 5.74) is 1.13. The van der Waals surface area contributed by atoms with Crippen LogP contribution in [0.4, 0.5) is 0 Å². The van der Waals surface area contributed by atoms with E-state index in [1.807, 2.05) is 18.2 Å². The van der Waals surface area contributed by atoms with Crippen molar-refractivity contribution in [1.29, 1.82) is 0 Å². The van der Waals surface area contributed by atoms with Gasteiger partial charge in [-0.1, -0.05) is 29.8 Å². The second-order valence-corrected chi connectivity index (χ2v) is 6.34. The van der Waals surface area contributed by atoms with Gasteiger partial charge in [0.2, 0.25) is 0 Å². The molecule has 1 unspecified atom stereocenters. The molecule has 0 bridgehead atoms. The summed E-state index contributed by atoms with van der Waals surface area (Å²) in [5, 5.41) is 2.88. The van der Waals surface area contributed by atoms with Gasteiger partial charge < -0.3 is 0 Å². The predicted molar refractivity (Wildman–Crippen MR) is 80.6 cm³/mol. The highest BCUT2D eigenvalue weighted by Gasteiger charge is 2.16. The van der Waals surface area contributed by atoms with E-state index in [1.165, 1.54) is 4.88 Å². The van der Waals surface area contributed by atoms with Crippen LogP contribution in [0, 0.1) is 0 Å². The molecule has 1 heterocycles. The Balaban J connectivity index is 2.23. The summed E-state index contributed by atoms with van der Waals surface area (Å²) in [7, 11) is 0. The molecule has 1 aromatic carbocycles. The first-order valence-electron chi connectivity index (χ1n) is 5.24. The van der Waals surface area contributed by atoms with Gasteiger partial charge >= 0.3 is 0 Å². The van der Waals surface area contributed by atoms with Crippen LogP contribution in [0.3, 0.4) is 0 Å². The molecule has 0 saturated heterocycles. The van der Waals surface area contributed by atoms with Crippen LogP contribution in [0.15, 0.2) is 40.2 Å². The van der Waals surface area contributed by atoms with E-state index in [0.717, 1.165) is 21.5 Å². The molecular formula is C13H11BrCl2S. The minimum atomic E-state index is 0.264. The predicted octanol–water partition coefficient (Wildman–Crippen LogP) is 5.73. The third kappa shape index (κ3) is 3.25. The maximum Gasteiger partial charge on any atom is 0.0441 e. The Morgan fingerprint density at radius 2 is 2.00 bits per heavy atom. The number of rotatable bonds is 4. The third-order valence-corrected chi connectivity index (χ3v) is 5.32. The van der Waals surface area contributed by atoms with Crippen molar-refractivity contribution < 1.29 is 0 Å². The maximum atomic E-state index is 6.21. The molecule has 0 spiro atoms. The van der Waals surface area contributed by atoms with Crippen molar-refractivity contribution in [2.75, 3.05) is 5.88 Å². The molecule has 0 radical (unpaired) electrons. The Labute approximate surface area is 124 Å². The van der Waals surface area contributed by atoms with E-state index in [9.17, 15) is 0 Å². The van der Waals surface area contributed by atoms with Gasteiger partial charge in [0.25, 0.3) is 0 Å². The van der Waals surface area contributed by atoms with Crippen molar-refractivity contribution in [1.82, 2.24) is 0 Å². The summed E-state index contributed by atoms with van der Waals surface area (Å²) >= 11 is 17.6. The van der Waals surface area contributed by atoms with Crippen LogP contribution in [-0.2, 0) is 6.42 Å². The topological polar surface area (TPSA) is 0 Å². The molecule has 0 aliphatic carbocycles. The molecule has 90 valence electrons. The highest BCUT2D eigenvalue weighted by Crippen LogP contribution is 2.32. The molecule has 17 heavy (non-hydrogen) atoms. The summed E-state index contributed by atoms with van der Waals surface area (Å²) in [4.78, 5) is 1.32. The van der Waals surface area contributed by atoms with Crippen molar-refractivity contribution in [3.63, 3.8) is 0 Å². The van der Waals surface area contributed by atoms with E-state index in [-0.39, 0.29) is 5.92 Å². The lowest BCUT2D eigenvalue weighted by molar-refractivity contribution is 0.774. The van der Waals surface area contributed by atoms with E-state index < -0.39 is 0 Å². The van der Waals surface area contributed by atoms with Gasteiger partial charge in [-0.05, 0) is 45.4 Å². The second kappa shape index (κ2) is 6.24. The summed E-state index contributed by atoms with van der Waals surface area (Å²) < 4.78 is 1.16. The number of halogens is 3. The van der Waals surface area contributed by atoms with Gasteiger partial charge in [-0.25, -0.2) is 0 Å². The summed E-state index contributed by atoms with van der Waals surface area (Å²) in [6.07, 6.45) is 0.922. The fraction of sp³-hybridized carbons (Fsp3) is 0.231. The van der Waals surface area contributed by atoms with E-state index >= 15 is 0 Å². The fourth-order valence-electron chi connectivity index (χ4n) is 1.75. The van der Waals surface area contributed by atoms with E-state index in [1.54, 1.807) is 11.3 Å². The van der Waals surface area contributed by atoms with Crippen LogP contribution in [0.25, 0.3) is 0 Å². The van der Waals surface area contributed by atoms with E-state index in [2.05, 4.69) is 33.4 Å². The van der Waals surface area contributed by atoms with E-state index in [0.29, 0.717) is 5.88 Å². The molecule has 4 heteroatoms. The number of hydrogen-bond acceptors (Lipinski definition) is 1. The molecule has 0 aliphatic rings. The average Bonchev–Trinajstić information content (AvgIpc) is 2.73. The van der Waals surface area contributed by atoms with Crippen molar-refractivity contribution in [3.05, 3.63) is 55.6 Å². The Morgan fingerprint density at radius 1 is 1.24 bits per heavy atom. The first-order chi connectivity index (χ1) is 8.22. The summed E-state index contributed by atoms with van der Waals surface area (Å²) in [6.45, 7) is 0. The summed E-state index contributed by atoms with van der Waals surface area (Å²) in [6, 6.07) is 9.98. The highest BCUT2D eigenvalue weighted by atomic mass is 79.9. The van der Waals surface area contributed by atoms with Crippen LogP contribution in [0.5, 0.6) is 0 Å². The zero-order valence-electron chi connectivity index (χ0n) is 9.00. The number of benzene rings is 1. The molecule has 2 rings (SSSR count). The van der Waals surface area contributed by atoms with Crippen molar-refractivity contribution in [3.8, 4) is 0 Å². The van der Waals surface area contributed by atoms with Gasteiger partial charge in [-0.15, -0.1) is 22.9 Å². The molecule has 2 aromatic rings. The highest BCUT2D eigenvalue weighted by molar-refractivity contribution is 9.10. The molecule has 0 nitrogen and oxygen atoms in total. The van der Waals surface area contributed by atoms with Crippen LogP contribution < -0.4 is 0 Å². The zero-order valence-corrected chi connectivity index (χ0v) is 12.9. The van der Waals surface area contributed by atoms with Crippen LogP contribution in [0.2, 0.25) is 5.02 Å². The molecule has 0 fully saturated rings. The van der Waals surface area contributed by atoms with Crippen molar-refractivity contribution in [2.45, 2.75) is 12.3 Å². The smallest absolute Gasteiger partial charge is 0.0441 e. The quantitative estimate of drug-likeness (QED) is 0.618. The van der Waals surface area contributed by atoms with Gasteiger partial charge in [-0.2, -0.15) is 0 Å². The molecule has 0 aliphatic heterocycles. The van der Waals surface area contributed by atoms with Crippen LogP contribution in [-0.4, -0.2) is 5.88 Å². The van der Waals surface area contributed by atoms with Crippen molar-refractivity contribution in [2.24, 2.45) is 0 Å². The lowest BCUT2D eigenvalue weighted by atomic mass is 9.97. The summed E-state index contributed by atoms with van der Waals surface area (Å²) in [5.74, 6) is 0.842. The molecular weight excluding hydrogens is 339 g/mol. The molecule has 0 N–H and O–H groups in total. The first-order valence-corrected chi connectivity index (χ1v) is 7.83. The van der Waals surface area contributed by atoms with Gasteiger partial charge in [0.15, 0.2) is 0 Å². The minimum absolute atomic E-state index is 0.264. The molecule has 0 amide bonds. The molecule has 0 saturated carbocycles. The normalized spacial score (nSPS) is 12.6. The monoisotopic (exact) mass is 348 g/mol. The van der Waals surface area contributed by atoms with Gasteiger partial charge in [0.05, 0.1) is 0 Å². The van der Waals surface area contributed by atoms with Gasteiger partial charge in [0.1, 0.15) is 0 Å². The number of thiophene rings is 1. The molecule has 1 aromatic heterocycles. The maximum absolute atomic E-state index is 6.21. The zero-order chi connectivity index (χ0) is 12.3. The first kappa shape index (κ1) is 13.4. The minimum Gasteiger partial charge on any atom is -0.148 e. The van der Waals surface area contributed by atoms with Crippen LogP contribution >= 0.6 is 50.5 Å². The second-order valence-electron chi connectivity index (χ2n) is 3.77. The standard InChI is InChI=1S/C13H11BrCl2S/c14-11-5-6-17-13(11)7-9(8-15)10-3-1-2-4-12(10)16/h1-6,9H,7-8H2. The SMILES string of the molecule is ClCC(Cc1sccc1Br)c1ccccc1Cl. The van der Waals surface area contributed by atoms with Crippen LogP contribution in [0.1, 0.15) is 16.4 Å². The number of hydrogen-bond donors (Lipinski definition) is 0. The third-order valence-electron chi connectivity index (χ3n) is 2.65. The Bertz CT molecular complexity index is 496. The fourth-order valence-corrected chi connectivity index (χ4v) is 3.91.